The average Bonchev–Trinajstić information content (AvgIpc) is 2.51. The van der Waals surface area contributed by atoms with E-state index >= 15 is 0 Å². The first-order valence-corrected chi connectivity index (χ1v) is 4.16. The Balaban J connectivity index is 2.68. The fourth-order valence-electron chi connectivity index (χ4n) is 1.62. The van der Waals surface area contributed by atoms with Crippen LogP contribution in [0.3, 0.4) is 0 Å². The lowest BCUT2D eigenvalue weighted by atomic mass is 10.0. The van der Waals surface area contributed by atoms with Crippen LogP contribution in [-0.4, -0.2) is 6.61 Å². The van der Waals surface area contributed by atoms with Crippen LogP contribution in [0.15, 0.2) is 12.1 Å². The number of rotatable bonds is 0. The molecule has 0 saturated heterocycles. The first kappa shape index (κ1) is 8.09. The molecule has 0 unspecified atom stereocenters. The number of benzene rings is 1. The van der Waals surface area contributed by atoms with Gasteiger partial charge in [-0.3, -0.25) is 0 Å². The molecule has 2 rings (SSSR count). The van der Waals surface area contributed by atoms with Gasteiger partial charge in [-0.15, -0.1) is 0 Å². The molecule has 0 fully saturated rings. The van der Waals surface area contributed by atoms with Gasteiger partial charge in [-0.25, -0.2) is 0 Å². The number of fused-ring (bicyclic) bond motifs is 1. The normalized spacial score (nSPS) is 19.0. The van der Waals surface area contributed by atoms with E-state index in [4.69, 9.17) is 15.7 Å². The molecule has 3 heteroatoms. The van der Waals surface area contributed by atoms with Gasteiger partial charge in [-0.1, -0.05) is 6.07 Å². The fraction of sp³-hybridized carbons (Fsp3) is 0.300. The first-order valence-electron chi connectivity index (χ1n) is 4.16. The van der Waals surface area contributed by atoms with E-state index in [9.17, 15) is 0 Å². The number of nitrogens with zero attached hydrogens (tertiary/aromatic N) is 1. The standard InChI is InChI=1S/C10H10N2O/c1-6-2-3-7(4-11)9-8(12)5-13-10(6)9/h2-3,8H,5,12H2,1H3/t8-/m1/s1. The second-order valence-corrected chi connectivity index (χ2v) is 3.20. The molecule has 1 aromatic rings. The van der Waals surface area contributed by atoms with E-state index in [0.29, 0.717) is 12.2 Å². The summed E-state index contributed by atoms with van der Waals surface area (Å²) in [5, 5.41) is 8.85. The van der Waals surface area contributed by atoms with Crippen molar-refractivity contribution in [3.05, 3.63) is 28.8 Å². The van der Waals surface area contributed by atoms with Gasteiger partial charge in [0.1, 0.15) is 12.4 Å². The summed E-state index contributed by atoms with van der Waals surface area (Å²) in [4.78, 5) is 0. The van der Waals surface area contributed by atoms with E-state index in [1.165, 1.54) is 0 Å². The summed E-state index contributed by atoms with van der Waals surface area (Å²) >= 11 is 0. The van der Waals surface area contributed by atoms with Gasteiger partial charge in [0.05, 0.1) is 17.7 Å². The van der Waals surface area contributed by atoms with Crippen LogP contribution < -0.4 is 10.5 Å². The highest BCUT2D eigenvalue weighted by molar-refractivity contribution is 5.54. The minimum absolute atomic E-state index is 0.149. The number of hydrogen-bond donors (Lipinski definition) is 1. The third-order valence-electron chi connectivity index (χ3n) is 2.29. The molecule has 0 aromatic heterocycles. The van der Waals surface area contributed by atoms with E-state index in [-0.39, 0.29) is 6.04 Å². The molecule has 13 heavy (non-hydrogen) atoms. The van der Waals surface area contributed by atoms with Gasteiger partial charge in [-0.05, 0) is 18.6 Å². The van der Waals surface area contributed by atoms with Crippen molar-refractivity contribution >= 4 is 0 Å². The summed E-state index contributed by atoms with van der Waals surface area (Å²) in [7, 11) is 0. The average molecular weight is 174 g/mol. The van der Waals surface area contributed by atoms with Gasteiger partial charge in [0.2, 0.25) is 0 Å². The summed E-state index contributed by atoms with van der Waals surface area (Å²) < 4.78 is 5.41. The zero-order valence-electron chi connectivity index (χ0n) is 7.37. The zero-order chi connectivity index (χ0) is 9.42. The predicted octanol–water partition coefficient (Wildman–Crippen LogP) is 1.26. The van der Waals surface area contributed by atoms with Crippen molar-refractivity contribution in [1.82, 2.24) is 0 Å². The smallest absolute Gasteiger partial charge is 0.128 e. The summed E-state index contributed by atoms with van der Waals surface area (Å²) in [5.41, 5.74) is 8.35. The molecule has 0 amide bonds. The lowest BCUT2D eigenvalue weighted by Crippen LogP contribution is -2.11. The van der Waals surface area contributed by atoms with Crippen LogP contribution in [0.2, 0.25) is 0 Å². The number of nitrogens with two attached hydrogens (primary N) is 1. The molecule has 3 nitrogen and oxygen atoms in total. The molecule has 0 spiro atoms. The minimum Gasteiger partial charge on any atom is -0.491 e. The third-order valence-corrected chi connectivity index (χ3v) is 2.29. The van der Waals surface area contributed by atoms with Crippen LogP contribution in [0.25, 0.3) is 0 Å². The molecule has 1 heterocycles. The molecular formula is C10H10N2O. The van der Waals surface area contributed by atoms with Crippen LogP contribution in [0.5, 0.6) is 5.75 Å². The second-order valence-electron chi connectivity index (χ2n) is 3.20. The lowest BCUT2D eigenvalue weighted by Gasteiger charge is -2.05. The number of nitriles is 1. The Kier molecular flexibility index (Phi) is 1.71. The highest BCUT2D eigenvalue weighted by Gasteiger charge is 2.25. The fourth-order valence-corrected chi connectivity index (χ4v) is 1.62. The largest absolute Gasteiger partial charge is 0.491 e. The summed E-state index contributed by atoms with van der Waals surface area (Å²) in [6.07, 6.45) is 0. The molecule has 1 atom stereocenters. The van der Waals surface area contributed by atoms with Crippen LogP contribution in [0, 0.1) is 18.3 Å². The number of ether oxygens (including phenoxy) is 1. The van der Waals surface area contributed by atoms with Gasteiger partial charge >= 0.3 is 0 Å². The monoisotopic (exact) mass is 174 g/mol. The molecule has 0 radical (unpaired) electrons. The van der Waals surface area contributed by atoms with Gasteiger partial charge < -0.3 is 10.5 Å². The second kappa shape index (κ2) is 2.75. The Labute approximate surface area is 76.7 Å². The van der Waals surface area contributed by atoms with Crippen molar-refractivity contribution in [1.29, 1.82) is 5.26 Å². The third kappa shape index (κ3) is 1.07. The maximum atomic E-state index is 8.85. The molecule has 1 aliphatic rings. The lowest BCUT2D eigenvalue weighted by molar-refractivity contribution is 0.331. The van der Waals surface area contributed by atoms with Crippen LogP contribution >= 0.6 is 0 Å². The zero-order valence-corrected chi connectivity index (χ0v) is 7.37. The van der Waals surface area contributed by atoms with Crippen LogP contribution in [0.4, 0.5) is 0 Å². The number of hydrogen-bond acceptors (Lipinski definition) is 3. The van der Waals surface area contributed by atoms with Gasteiger partial charge in [0, 0.05) is 5.56 Å². The Hall–Kier alpha value is -1.53. The van der Waals surface area contributed by atoms with Crippen molar-refractivity contribution < 1.29 is 4.74 Å². The highest BCUT2D eigenvalue weighted by atomic mass is 16.5. The van der Waals surface area contributed by atoms with Crippen LogP contribution in [0.1, 0.15) is 22.7 Å². The SMILES string of the molecule is Cc1ccc(C#N)c2c1OC[C@H]2N. The Bertz CT molecular complexity index is 393. The Morgan fingerprint density at radius 1 is 1.62 bits per heavy atom. The highest BCUT2D eigenvalue weighted by Crippen LogP contribution is 2.36. The summed E-state index contributed by atoms with van der Waals surface area (Å²) in [6.45, 7) is 2.44. The molecular weight excluding hydrogens is 164 g/mol. The van der Waals surface area contributed by atoms with Crippen LogP contribution in [-0.2, 0) is 0 Å². The number of aryl methyl sites for hydroxylation is 1. The van der Waals surface area contributed by atoms with Gasteiger partial charge in [0.15, 0.2) is 0 Å². The van der Waals surface area contributed by atoms with E-state index in [1.54, 1.807) is 6.07 Å². The summed E-state index contributed by atoms with van der Waals surface area (Å²) in [6, 6.07) is 5.66. The summed E-state index contributed by atoms with van der Waals surface area (Å²) in [5.74, 6) is 0.798. The first-order chi connectivity index (χ1) is 6.24. The van der Waals surface area contributed by atoms with E-state index in [2.05, 4.69) is 6.07 Å². The van der Waals surface area contributed by atoms with Crippen molar-refractivity contribution in [2.75, 3.05) is 6.61 Å². The van der Waals surface area contributed by atoms with Gasteiger partial charge in [0.25, 0.3) is 0 Å². The molecule has 1 aliphatic heterocycles. The molecule has 0 aliphatic carbocycles. The topological polar surface area (TPSA) is 59.0 Å². The quantitative estimate of drug-likeness (QED) is 0.644. The maximum Gasteiger partial charge on any atom is 0.128 e. The Morgan fingerprint density at radius 3 is 3.08 bits per heavy atom. The molecule has 1 aromatic carbocycles. The molecule has 66 valence electrons. The molecule has 0 bridgehead atoms. The van der Waals surface area contributed by atoms with E-state index in [0.717, 1.165) is 16.9 Å². The van der Waals surface area contributed by atoms with E-state index in [1.807, 2.05) is 13.0 Å². The predicted molar refractivity (Wildman–Crippen MR) is 48.3 cm³/mol. The van der Waals surface area contributed by atoms with Gasteiger partial charge in [-0.2, -0.15) is 5.26 Å². The maximum absolute atomic E-state index is 8.85. The minimum atomic E-state index is -0.149. The van der Waals surface area contributed by atoms with Crippen molar-refractivity contribution in [2.45, 2.75) is 13.0 Å². The van der Waals surface area contributed by atoms with Crippen molar-refractivity contribution in [3.63, 3.8) is 0 Å². The molecule has 2 N–H and O–H groups in total. The molecule has 0 saturated carbocycles. The van der Waals surface area contributed by atoms with Crippen molar-refractivity contribution in [3.8, 4) is 11.8 Å². The Morgan fingerprint density at radius 2 is 2.38 bits per heavy atom. The van der Waals surface area contributed by atoms with E-state index < -0.39 is 0 Å². The van der Waals surface area contributed by atoms with Crippen molar-refractivity contribution in [2.24, 2.45) is 5.73 Å².